The number of benzene rings is 1. The lowest BCUT2D eigenvalue weighted by atomic mass is 9.85. The second-order valence-electron chi connectivity index (χ2n) is 8.81. The number of nitrogens with two attached hydrogens (primary N) is 1. The molecule has 0 bridgehead atoms. The first-order chi connectivity index (χ1) is 13.2. The zero-order valence-electron chi connectivity index (χ0n) is 17.0. The summed E-state index contributed by atoms with van der Waals surface area (Å²) in [5.41, 5.74) is 10.5. The lowest BCUT2D eigenvalue weighted by Crippen LogP contribution is -2.46. The molecule has 2 aliphatic heterocycles. The quantitative estimate of drug-likeness (QED) is 0.789. The predicted molar refractivity (Wildman–Crippen MR) is 108 cm³/mol. The largest absolute Gasteiger partial charge is 0.383 e. The summed E-state index contributed by atoms with van der Waals surface area (Å²) in [5, 5.41) is 7.77. The molecule has 0 saturated heterocycles. The summed E-state index contributed by atoms with van der Waals surface area (Å²) in [6.07, 6.45) is 1.36. The highest BCUT2D eigenvalue weighted by atomic mass is 19.1. The van der Waals surface area contributed by atoms with Crippen molar-refractivity contribution in [3.05, 3.63) is 40.3 Å². The van der Waals surface area contributed by atoms with Crippen LogP contribution in [0.25, 0.3) is 0 Å². The first-order valence-electron chi connectivity index (χ1n) is 9.87. The van der Waals surface area contributed by atoms with Crippen LogP contribution >= 0.6 is 0 Å². The first kappa shape index (κ1) is 18.9. The van der Waals surface area contributed by atoms with Crippen molar-refractivity contribution < 1.29 is 9.18 Å². The van der Waals surface area contributed by atoms with E-state index >= 15 is 0 Å². The fourth-order valence-electron chi connectivity index (χ4n) is 4.49. The standard InChI is InChI=1S/C21H28FN5O/c1-12-9-13(22)10-15-14(6-8-26(18(12)15)21(2,3)4)20(28)27-19(23)16-11-24-7-5-17(16)25-27/h9-10,14,24H,5-8,11,23H2,1-4H3. The molecule has 0 spiro atoms. The number of rotatable bonds is 1. The number of aryl methyl sites for hydroxylation is 1. The fourth-order valence-corrected chi connectivity index (χ4v) is 4.49. The summed E-state index contributed by atoms with van der Waals surface area (Å²) in [4.78, 5) is 15.7. The van der Waals surface area contributed by atoms with Gasteiger partial charge in [-0.3, -0.25) is 4.79 Å². The van der Waals surface area contributed by atoms with Gasteiger partial charge in [-0.05, 0) is 57.4 Å². The number of nitrogens with one attached hydrogen (secondary N) is 1. The van der Waals surface area contributed by atoms with Crippen molar-refractivity contribution in [2.24, 2.45) is 0 Å². The van der Waals surface area contributed by atoms with Crippen LogP contribution in [0.2, 0.25) is 0 Å². The maximum absolute atomic E-state index is 14.3. The third-order valence-corrected chi connectivity index (χ3v) is 5.84. The van der Waals surface area contributed by atoms with E-state index < -0.39 is 5.92 Å². The molecule has 0 aliphatic carbocycles. The van der Waals surface area contributed by atoms with Crippen molar-refractivity contribution in [1.29, 1.82) is 0 Å². The topological polar surface area (TPSA) is 76.2 Å². The van der Waals surface area contributed by atoms with Crippen LogP contribution in [0.15, 0.2) is 12.1 Å². The summed E-state index contributed by atoms with van der Waals surface area (Å²) in [6.45, 7) is 10.5. The molecule has 1 unspecified atom stereocenters. The molecule has 2 aromatic rings. The maximum atomic E-state index is 14.3. The molecule has 0 amide bonds. The number of hydrogen-bond acceptors (Lipinski definition) is 5. The second kappa shape index (κ2) is 6.58. The fraction of sp³-hybridized carbons (Fsp3) is 0.524. The molecule has 1 atom stereocenters. The Kier molecular flexibility index (Phi) is 4.45. The van der Waals surface area contributed by atoms with E-state index in [1.54, 1.807) is 0 Å². The van der Waals surface area contributed by atoms with Crippen molar-refractivity contribution >= 4 is 17.4 Å². The zero-order valence-corrected chi connectivity index (χ0v) is 17.0. The maximum Gasteiger partial charge on any atom is 0.256 e. The van der Waals surface area contributed by atoms with Gasteiger partial charge in [0.1, 0.15) is 11.6 Å². The lowest BCUT2D eigenvalue weighted by Gasteiger charge is -2.44. The molecule has 2 aliphatic rings. The minimum absolute atomic E-state index is 0.124. The van der Waals surface area contributed by atoms with E-state index in [2.05, 4.69) is 36.1 Å². The smallest absolute Gasteiger partial charge is 0.256 e. The highest BCUT2D eigenvalue weighted by molar-refractivity contribution is 5.91. The highest BCUT2D eigenvalue weighted by Crippen LogP contribution is 2.42. The predicted octanol–water partition coefficient (Wildman–Crippen LogP) is 2.99. The SMILES string of the molecule is Cc1cc(F)cc2c1N(C(C)(C)C)CCC2C(=O)n1nc2c(c1N)CNCC2. The van der Waals surface area contributed by atoms with Gasteiger partial charge in [0, 0.05) is 42.8 Å². The van der Waals surface area contributed by atoms with Crippen molar-refractivity contribution in [2.75, 3.05) is 23.7 Å². The Morgan fingerprint density at radius 2 is 2.11 bits per heavy atom. The normalized spacial score (nSPS) is 19.3. The van der Waals surface area contributed by atoms with E-state index in [1.807, 2.05) is 6.92 Å². The Labute approximate surface area is 164 Å². The van der Waals surface area contributed by atoms with Crippen LogP contribution in [-0.2, 0) is 13.0 Å². The molecule has 3 heterocycles. The molecule has 0 radical (unpaired) electrons. The third-order valence-electron chi connectivity index (χ3n) is 5.84. The Morgan fingerprint density at radius 3 is 2.79 bits per heavy atom. The van der Waals surface area contributed by atoms with Crippen LogP contribution in [0.1, 0.15) is 60.3 Å². The summed E-state index contributed by atoms with van der Waals surface area (Å²) < 4.78 is 15.6. The number of nitrogens with zero attached hydrogens (tertiary/aromatic N) is 3. The molecular formula is C21H28FN5O. The summed E-state index contributed by atoms with van der Waals surface area (Å²) >= 11 is 0. The van der Waals surface area contributed by atoms with E-state index in [0.717, 1.165) is 47.6 Å². The number of aromatic nitrogens is 2. The van der Waals surface area contributed by atoms with Gasteiger partial charge < -0.3 is 16.0 Å². The molecule has 28 heavy (non-hydrogen) atoms. The number of fused-ring (bicyclic) bond motifs is 2. The van der Waals surface area contributed by atoms with E-state index in [1.165, 1.54) is 16.8 Å². The second-order valence-corrected chi connectivity index (χ2v) is 8.81. The summed E-state index contributed by atoms with van der Waals surface area (Å²) in [7, 11) is 0. The highest BCUT2D eigenvalue weighted by Gasteiger charge is 2.37. The average Bonchev–Trinajstić information content (AvgIpc) is 2.96. The molecule has 150 valence electrons. The number of carbonyl (C=O) groups is 1. The molecule has 3 N–H and O–H groups in total. The number of halogens is 1. The van der Waals surface area contributed by atoms with Gasteiger partial charge in [-0.2, -0.15) is 9.78 Å². The van der Waals surface area contributed by atoms with Gasteiger partial charge in [0.2, 0.25) is 0 Å². The van der Waals surface area contributed by atoms with Gasteiger partial charge >= 0.3 is 0 Å². The Balaban J connectivity index is 1.79. The van der Waals surface area contributed by atoms with Crippen molar-refractivity contribution in [1.82, 2.24) is 15.1 Å². The molecule has 0 saturated carbocycles. The Morgan fingerprint density at radius 1 is 1.36 bits per heavy atom. The summed E-state index contributed by atoms with van der Waals surface area (Å²) in [6, 6.07) is 3.04. The first-order valence-corrected chi connectivity index (χ1v) is 9.87. The third kappa shape index (κ3) is 2.98. The molecule has 1 aromatic carbocycles. The molecule has 4 rings (SSSR count). The van der Waals surface area contributed by atoms with E-state index in [9.17, 15) is 9.18 Å². The lowest BCUT2D eigenvalue weighted by molar-refractivity contribution is 0.0856. The minimum Gasteiger partial charge on any atom is -0.383 e. The van der Waals surface area contributed by atoms with Crippen molar-refractivity contribution in [3.8, 4) is 0 Å². The monoisotopic (exact) mass is 385 g/mol. The van der Waals surface area contributed by atoms with E-state index in [4.69, 9.17) is 5.73 Å². The van der Waals surface area contributed by atoms with Crippen LogP contribution in [0.5, 0.6) is 0 Å². The molecule has 0 fully saturated rings. The van der Waals surface area contributed by atoms with Gasteiger partial charge in [-0.25, -0.2) is 4.39 Å². The van der Waals surface area contributed by atoms with Gasteiger partial charge in [0.15, 0.2) is 0 Å². The van der Waals surface area contributed by atoms with Crippen LogP contribution < -0.4 is 16.0 Å². The van der Waals surface area contributed by atoms with Crippen LogP contribution in [0.3, 0.4) is 0 Å². The molecular weight excluding hydrogens is 357 g/mol. The van der Waals surface area contributed by atoms with Gasteiger partial charge in [0.05, 0.1) is 11.6 Å². The summed E-state index contributed by atoms with van der Waals surface area (Å²) in [5.74, 6) is -0.548. The van der Waals surface area contributed by atoms with Crippen molar-refractivity contribution in [2.45, 2.75) is 58.5 Å². The Hall–Kier alpha value is -2.41. The molecule has 7 heteroatoms. The van der Waals surface area contributed by atoms with Gasteiger partial charge in [-0.15, -0.1) is 0 Å². The van der Waals surface area contributed by atoms with Crippen LogP contribution in [0.4, 0.5) is 15.9 Å². The number of anilines is 2. The average molecular weight is 385 g/mol. The van der Waals surface area contributed by atoms with E-state index in [-0.39, 0.29) is 17.3 Å². The molecule has 1 aromatic heterocycles. The van der Waals surface area contributed by atoms with Crippen molar-refractivity contribution in [3.63, 3.8) is 0 Å². The van der Waals surface area contributed by atoms with Gasteiger partial charge in [0.25, 0.3) is 5.91 Å². The van der Waals surface area contributed by atoms with Crippen LogP contribution in [0, 0.1) is 12.7 Å². The minimum atomic E-state index is -0.459. The zero-order chi connectivity index (χ0) is 20.2. The number of nitrogen functional groups attached to an aromatic ring is 1. The number of carbonyl (C=O) groups excluding carboxylic acids is 1. The van der Waals surface area contributed by atoms with Gasteiger partial charge in [-0.1, -0.05) is 0 Å². The van der Waals surface area contributed by atoms with Crippen LogP contribution in [-0.4, -0.2) is 34.3 Å². The number of hydrogen-bond donors (Lipinski definition) is 2. The Bertz CT molecular complexity index is 943. The molecule has 6 nitrogen and oxygen atoms in total. The van der Waals surface area contributed by atoms with E-state index in [0.29, 0.717) is 18.8 Å².